The van der Waals surface area contributed by atoms with Gasteiger partial charge in [-0.3, -0.25) is 9.78 Å². The molecule has 0 bridgehead atoms. The van der Waals surface area contributed by atoms with Crippen molar-refractivity contribution >= 4 is 23.9 Å². The van der Waals surface area contributed by atoms with Crippen LogP contribution < -0.4 is 10.3 Å². The maximum Gasteiger partial charge on any atom is 0.254 e. The molecule has 9 nitrogen and oxygen atoms in total. The van der Waals surface area contributed by atoms with Crippen molar-refractivity contribution in [1.29, 1.82) is 0 Å². The Kier molecular flexibility index (Phi) is 5.95. The van der Waals surface area contributed by atoms with Crippen molar-refractivity contribution in [1.82, 2.24) is 19.9 Å². The van der Waals surface area contributed by atoms with Crippen LogP contribution in [0.15, 0.2) is 53.9 Å². The molecule has 0 aliphatic carbocycles. The minimum absolute atomic E-state index is 0.0460. The van der Waals surface area contributed by atoms with Gasteiger partial charge in [-0.15, -0.1) is 0 Å². The number of morpholine rings is 1. The van der Waals surface area contributed by atoms with Crippen LogP contribution in [0, 0.1) is 6.92 Å². The number of pyridine rings is 1. The van der Waals surface area contributed by atoms with Gasteiger partial charge in [0.15, 0.2) is 0 Å². The van der Waals surface area contributed by atoms with Crippen LogP contribution in [-0.2, 0) is 17.8 Å². The molecule has 33 heavy (non-hydrogen) atoms. The molecule has 0 spiro atoms. The van der Waals surface area contributed by atoms with E-state index in [1.807, 2.05) is 25.1 Å². The molecule has 0 atom stereocenters. The summed E-state index contributed by atoms with van der Waals surface area (Å²) in [6, 6.07) is 11.5. The van der Waals surface area contributed by atoms with Gasteiger partial charge in [-0.05, 0) is 24.6 Å². The van der Waals surface area contributed by atoms with E-state index in [1.54, 1.807) is 35.6 Å². The predicted octanol–water partition coefficient (Wildman–Crippen LogP) is 2.62. The number of amides is 1. The maximum absolute atomic E-state index is 13.0. The second-order valence-corrected chi connectivity index (χ2v) is 8.08. The second kappa shape index (κ2) is 9.33. The fourth-order valence-corrected chi connectivity index (χ4v) is 4.06. The van der Waals surface area contributed by atoms with Gasteiger partial charge in [0.25, 0.3) is 5.91 Å². The maximum atomic E-state index is 13.0. The van der Waals surface area contributed by atoms with Gasteiger partial charge in [0.05, 0.1) is 38.2 Å². The Balaban J connectivity index is 1.41. The van der Waals surface area contributed by atoms with E-state index in [0.29, 0.717) is 37.8 Å². The van der Waals surface area contributed by atoms with Crippen molar-refractivity contribution in [3.8, 4) is 0 Å². The van der Waals surface area contributed by atoms with Crippen LogP contribution in [0.1, 0.15) is 32.7 Å². The average molecular weight is 444 g/mol. The van der Waals surface area contributed by atoms with E-state index in [2.05, 4.69) is 31.5 Å². The molecule has 4 heterocycles. The molecule has 2 aliphatic heterocycles. The molecule has 2 aromatic heterocycles. The van der Waals surface area contributed by atoms with Gasteiger partial charge in [0.1, 0.15) is 5.82 Å². The zero-order valence-electron chi connectivity index (χ0n) is 18.4. The Morgan fingerprint density at radius 2 is 1.94 bits per heavy atom. The first-order valence-electron chi connectivity index (χ1n) is 10.9. The summed E-state index contributed by atoms with van der Waals surface area (Å²) in [5.74, 6) is 1.20. The van der Waals surface area contributed by atoms with Crippen molar-refractivity contribution < 1.29 is 9.53 Å². The number of nitrogens with one attached hydrogen (secondary N) is 1. The number of hydrogen-bond donors (Lipinski definition) is 1. The fraction of sp³-hybridized carbons (Fsp3) is 0.292. The highest BCUT2D eigenvalue weighted by atomic mass is 16.5. The molecular formula is C24H25N7O2. The Morgan fingerprint density at radius 3 is 2.73 bits per heavy atom. The van der Waals surface area contributed by atoms with Gasteiger partial charge in [-0.2, -0.15) is 10.1 Å². The van der Waals surface area contributed by atoms with Crippen LogP contribution in [0.3, 0.4) is 0 Å². The van der Waals surface area contributed by atoms with Crippen LogP contribution in [-0.4, -0.2) is 58.3 Å². The van der Waals surface area contributed by atoms with E-state index in [-0.39, 0.29) is 5.91 Å². The number of hydrogen-bond acceptors (Lipinski definition) is 8. The molecule has 1 N–H and O–H groups in total. The Morgan fingerprint density at radius 1 is 1.12 bits per heavy atom. The molecule has 0 unspecified atom stereocenters. The summed E-state index contributed by atoms with van der Waals surface area (Å²) >= 11 is 0. The lowest BCUT2D eigenvalue weighted by atomic mass is 10.2. The van der Waals surface area contributed by atoms with E-state index in [1.165, 1.54) is 5.56 Å². The minimum atomic E-state index is -0.0460. The Labute approximate surface area is 192 Å². The van der Waals surface area contributed by atoms with Crippen molar-refractivity contribution in [3.05, 3.63) is 76.7 Å². The zero-order chi connectivity index (χ0) is 22.6. The first kappa shape index (κ1) is 21.0. The smallest absolute Gasteiger partial charge is 0.254 e. The topological polar surface area (TPSA) is 95.8 Å². The Bertz CT molecular complexity index is 1180. The third kappa shape index (κ3) is 4.68. The average Bonchev–Trinajstić information content (AvgIpc) is 3.28. The molecule has 3 aromatic rings. The number of hydrazone groups is 1. The quantitative estimate of drug-likeness (QED) is 0.478. The molecule has 9 heteroatoms. The predicted molar refractivity (Wildman–Crippen MR) is 125 cm³/mol. The summed E-state index contributed by atoms with van der Waals surface area (Å²) in [6.45, 7) is 5.71. The number of ether oxygens (including phenoxy) is 1. The third-order valence-corrected chi connectivity index (χ3v) is 5.71. The summed E-state index contributed by atoms with van der Waals surface area (Å²) in [6.07, 6.45) is 5.00. The molecule has 0 saturated carbocycles. The largest absolute Gasteiger partial charge is 0.378 e. The monoisotopic (exact) mass is 443 g/mol. The van der Waals surface area contributed by atoms with Crippen LogP contribution >= 0.6 is 0 Å². The summed E-state index contributed by atoms with van der Waals surface area (Å²) in [5.41, 5.74) is 7.56. The third-order valence-electron chi connectivity index (χ3n) is 5.71. The van der Waals surface area contributed by atoms with E-state index >= 15 is 0 Å². The number of anilines is 2. The molecule has 2 aliphatic rings. The lowest BCUT2D eigenvalue weighted by Gasteiger charge is -2.29. The number of carbonyl (C=O) groups excluding carboxylic acids is 1. The SMILES string of the molecule is Cc1cccc(/C=N/Nc2nc3c(c(N4CCOCC4)n2)CN(C(=O)c2ccncc2)C3)c1. The van der Waals surface area contributed by atoms with E-state index < -0.39 is 0 Å². The summed E-state index contributed by atoms with van der Waals surface area (Å²) in [4.78, 5) is 30.5. The number of aromatic nitrogens is 3. The summed E-state index contributed by atoms with van der Waals surface area (Å²) in [7, 11) is 0. The van der Waals surface area contributed by atoms with Gasteiger partial charge in [-0.25, -0.2) is 10.4 Å². The van der Waals surface area contributed by atoms with E-state index in [4.69, 9.17) is 9.72 Å². The number of carbonyl (C=O) groups is 1. The Hall–Kier alpha value is -3.85. The number of fused-ring (bicyclic) bond motifs is 1. The van der Waals surface area contributed by atoms with Crippen LogP contribution in [0.5, 0.6) is 0 Å². The molecule has 1 aromatic carbocycles. The highest BCUT2D eigenvalue weighted by Crippen LogP contribution is 2.31. The highest BCUT2D eigenvalue weighted by Gasteiger charge is 2.31. The van der Waals surface area contributed by atoms with Gasteiger partial charge in [0.2, 0.25) is 5.95 Å². The fourth-order valence-electron chi connectivity index (χ4n) is 4.06. The molecule has 5 rings (SSSR count). The molecule has 1 saturated heterocycles. The molecule has 0 radical (unpaired) electrons. The van der Waals surface area contributed by atoms with Crippen LogP contribution in [0.4, 0.5) is 11.8 Å². The zero-order valence-corrected chi connectivity index (χ0v) is 18.4. The highest BCUT2D eigenvalue weighted by molar-refractivity contribution is 5.94. The molecule has 1 amide bonds. The number of rotatable bonds is 5. The molecule has 1 fully saturated rings. The van der Waals surface area contributed by atoms with Crippen molar-refractivity contribution in [2.24, 2.45) is 5.10 Å². The first-order chi connectivity index (χ1) is 16.2. The van der Waals surface area contributed by atoms with Gasteiger partial charge in [0, 0.05) is 36.6 Å². The number of benzene rings is 1. The molecular weight excluding hydrogens is 418 g/mol. The normalized spacial score (nSPS) is 15.7. The summed E-state index contributed by atoms with van der Waals surface area (Å²) in [5, 5.41) is 4.34. The first-order valence-corrected chi connectivity index (χ1v) is 10.9. The minimum Gasteiger partial charge on any atom is -0.378 e. The van der Waals surface area contributed by atoms with Crippen LogP contribution in [0.25, 0.3) is 0 Å². The number of aryl methyl sites for hydroxylation is 1. The van der Waals surface area contributed by atoms with E-state index in [0.717, 1.165) is 35.7 Å². The van der Waals surface area contributed by atoms with Crippen molar-refractivity contribution in [3.63, 3.8) is 0 Å². The van der Waals surface area contributed by atoms with E-state index in [9.17, 15) is 4.79 Å². The second-order valence-electron chi connectivity index (χ2n) is 8.08. The van der Waals surface area contributed by atoms with Crippen molar-refractivity contribution in [2.45, 2.75) is 20.0 Å². The lowest BCUT2D eigenvalue weighted by Crippen LogP contribution is -2.37. The standard InChI is InChI=1S/C24H25N7O2/c1-17-3-2-4-18(13-17)14-26-29-24-27-21-16-31(23(32)19-5-7-25-8-6-19)15-20(21)22(28-24)30-9-11-33-12-10-30/h2-8,13-14H,9-12,15-16H2,1H3,(H,27,28,29)/b26-14+. The van der Waals surface area contributed by atoms with Gasteiger partial charge < -0.3 is 14.5 Å². The van der Waals surface area contributed by atoms with Crippen molar-refractivity contribution in [2.75, 3.05) is 36.6 Å². The van der Waals surface area contributed by atoms with Gasteiger partial charge in [-0.1, -0.05) is 29.8 Å². The van der Waals surface area contributed by atoms with Crippen LogP contribution in [0.2, 0.25) is 0 Å². The summed E-state index contributed by atoms with van der Waals surface area (Å²) < 4.78 is 5.52. The lowest BCUT2D eigenvalue weighted by molar-refractivity contribution is 0.0750. The molecule has 168 valence electrons. The number of nitrogens with zero attached hydrogens (tertiary/aromatic N) is 6. The van der Waals surface area contributed by atoms with Gasteiger partial charge >= 0.3 is 0 Å².